The van der Waals surface area contributed by atoms with E-state index in [9.17, 15) is 19.2 Å². The first-order valence-corrected chi connectivity index (χ1v) is 16.1. The summed E-state index contributed by atoms with van der Waals surface area (Å²) in [4.78, 5) is 50.4. The number of fused-ring (bicyclic) bond motifs is 5. The molecule has 0 saturated heterocycles. The Morgan fingerprint density at radius 2 is 1.63 bits per heavy atom. The molecule has 1 unspecified atom stereocenters. The van der Waals surface area contributed by atoms with Gasteiger partial charge in [0.1, 0.15) is 23.7 Å². The van der Waals surface area contributed by atoms with Crippen molar-refractivity contribution in [2.75, 3.05) is 0 Å². The number of ketones is 1. The summed E-state index contributed by atoms with van der Waals surface area (Å²) < 4.78 is 17.3. The van der Waals surface area contributed by atoms with Crippen LogP contribution >= 0.6 is 0 Å². The molecule has 7 heteroatoms. The standard InChI is InChI=1S/C36H52O7/c1-20(2)32(39)27(33(40)43-34(6,7)8)17-21(3)28-13-14-29-26-12-11-24-18-25(41-22(4)37)19-31(42-23(5)38)36(24,10)30(26)15-16-35(28,29)9/h11-12,21,25,27-31H,1,13-19H2,2-10H3/t21-,25-,27?,28-,29+,30+,31+,35-,36+/m1/s1. The lowest BCUT2D eigenvalue weighted by Crippen LogP contribution is -2.54. The molecule has 7 nitrogen and oxygen atoms in total. The summed E-state index contributed by atoms with van der Waals surface area (Å²) in [6.07, 6.45) is 9.49. The summed E-state index contributed by atoms with van der Waals surface area (Å²) in [7, 11) is 0. The van der Waals surface area contributed by atoms with E-state index in [1.54, 1.807) is 6.92 Å². The molecule has 9 atom stereocenters. The highest BCUT2D eigenvalue weighted by molar-refractivity contribution is 6.07. The molecule has 0 heterocycles. The monoisotopic (exact) mass is 596 g/mol. The van der Waals surface area contributed by atoms with Gasteiger partial charge in [-0.05, 0) is 94.5 Å². The van der Waals surface area contributed by atoms with E-state index in [4.69, 9.17) is 14.2 Å². The number of allylic oxidation sites excluding steroid dienone is 4. The highest BCUT2D eigenvalue weighted by Crippen LogP contribution is 2.66. The van der Waals surface area contributed by atoms with Crippen LogP contribution in [0.25, 0.3) is 0 Å². The average Bonchev–Trinajstić information content (AvgIpc) is 3.23. The van der Waals surface area contributed by atoms with E-state index in [1.807, 2.05) is 20.8 Å². The van der Waals surface area contributed by atoms with Gasteiger partial charge >= 0.3 is 17.9 Å². The maximum absolute atomic E-state index is 13.2. The fourth-order valence-corrected chi connectivity index (χ4v) is 9.19. The molecule has 0 aromatic carbocycles. The molecule has 0 spiro atoms. The predicted molar refractivity (Wildman–Crippen MR) is 165 cm³/mol. The van der Waals surface area contributed by atoms with Gasteiger partial charge in [-0.15, -0.1) is 0 Å². The van der Waals surface area contributed by atoms with Crippen molar-refractivity contribution < 1.29 is 33.4 Å². The van der Waals surface area contributed by atoms with Crippen molar-refractivity contribution in [1.82, 2.24) is 0 Å². The molecule has 3 saturated carbocycles. The number of ether oxygens (including phenoxy) is 3. The SMILES string of the molecule is C=C(C)C(=O)C(C[C@@H](C)[C@H]1CC[C@H]2C3=CC=C4C[C@@H](OC(C)=O)C[C@H](OC(C)=O)[C@]4(C)[C@H]3CC[C@]12C)C(=O)OC(C)(C)C. The Balaban J connectivity index is 1.60. The zero-order valence-electron chi connectivity index (χ0n) is 27.7. The molecule has 238 valence electrons. The molecule has 3 fully saturated rings. The molecule has 0 radical (unpaired) electrons. The highest BCUT2D eigenvalue weighted by atomic mass is 16.6. The van der Waals surface area contributed by atoms with Crippen molar-refractivity contribution >= 4 is 23.7 Å². The molecular formula is C36H52O7. The topological polar surface area (TPSA) is 96.0 Å². The van der Waals surface area contributed by atoms with E-state index in [1.165, 1.54) is 25.0 Å². The normalized spacial score (nSPS) is 34.7. The lowest BCUT2D eigenvalue weighted by atomic mass is 9.49. The van der Waals surface area contributed by atoms with Crippen molar-refractivity contribution in [2.24, 2.45) is 40.4 Å². The van der Waals surface area contributed by atoms with Crippen LogP contribution in [0.2, 0.25) is 0 Å². The number of hydrogen-bond acceptors (Lipinski definition) is 7. The predicted octanol–water partition coefficient (Wildman–Crippen LogP) is 7.09. The first kappa shape index (κ1) is 33.2. The second-order valence-corrected chi connectivity index (χ2v) is 15.2. The van der Waals surface area contributed by atoms with Crippen LogP contribution in [0.5, 0.6) is 0 Å². The fourth-order valence-electron chi connectivity index (χ4n) is 9.19. The second-order valence-electron chi connectivity index (χ2n) is 15.2. The first-order chi connectivity index (χ1) is 19.9. The van der Waals surface area contributed by atoms with Gasteiger partial charge in [0.05, 0.1) is 0 Å². The molecule has 4 aliphatic carbocycles. The quantitative estimate of drug-likeness (QED) is 0.128. The number of rotatable bonds is 8. The molecule has 4 aliphatic rings. The smallest absolute Gasteiger partial charge is 0.317 e. The van der Waals surface area contributed by atoms with Crippen LogP contribution in [0.1, 0.15) is 107 Å². The summed E-state index contributed by atoms with van der Waals surface area (Å²) in [6.45, 7) is 20.7. The number of hydrogen-bond donors (Lipinski definition) is 0. The third-order valence-electron chi connectivity index (χ3n) is 11.0. The summed E-state index contributed by atoms with van der Waals surface area (Å²) >= 11 is 0. The van der Waals surface area contributed by atoms with E-state index in [0.29, 0.717) is 36.7 Å². The average molecular weight is 597 g/mol. The molecule has 0 aromatic rings. The van der Waals surface area contributed by atoms with Gasteiger partial charge in [0, 0.05) is 32.1 Å². The van der Waals surface area contributed by atoms with Crippen molar-refractivity contribution in [2.45, 2.75) is 125 Å². The van der Waals surface area contributed by atoms with Gasteiger partial charge in [-0.1, -0.05) is 50.6 Å². The molecule has 0 aliphatic heterocycles. The van der Waals surface area contributed by atoms with Gasteiger partial charge in [0.2, 0.25) is 0 Å². The Morgan fingerprint density at radius 1 is 0.977 bits per heavy atom. The summed E-state index contributed by atoms with van der Waals surface area (Å²) in [5, 5.41) is 0. The molecular weight excluding hydrogens is 544 g/mol. The largest absolute Gasteiger partial charge is 0.462 e. The van der Waals surface area contributed by atoms with Gasteiger partial charge in [-0.25, -0.2) is 0 Å². The number of carbonyl (C=O) groups excluding carboxylic acids is 4. The molecule has 0 aromatic heterocycles. The van der Waals surface area contributed by atoms with Crippen molar-refractivity contribution in [3.63, 3.8) is 0 Å². The lowest BCUT2D eigenvalue weighted by molar-refractivity contribution is -0.165. The van der Waals surface area contributed by atoms with Crippen LogP contribution in [0.3, 0.4) is 0 Å². The summed E-state index contributed by atoms with van der Waals surface area (Å²) in [5.41, 5.74) is 2.00. The highest BCUT2D eigenvalue weighted by Gasteiger charge is 2.60. The van der Waals surface area contributed by atoms with E-state index >= 15 is 0 Å². The van der Waals surface area contributed by atoms with Crippen LogP contribution in [-0.4, -0.2) is 41.5 Å². The minimum absolute atomic E-state index is 0.0279. The Labute approximate surface area is 257 Å². The maximum atomic E-state index is 13.2. The maximum Gasteiger partial charge on any atom is 0.317 e. The van der Waals surface area contributed by atoms with Gasteiger partial charge < -0.3 is 14.2 Å². The molecule has 0 N–H and O–H groups in total. The number of carbonyl (C=O) groups is 4. The van der Waals surface area contributed by atoms with E-state index in [-0.39, 0.29) is 52.6 Å². The lowest BCUT2D eigenvalue weighted by Gasteiger charge is -2.57. The van der Waals surface area contributed by atoms with Crippen LogP contribution in [0.4, 0.5) is 0 Å². The Morgan fingerprint density at radius 3 is 2.21 bits per heavy atom. The number of Topliss-reactive ketones (excluding diaryl/α,β-unsaturated/α-hetero) is 1. The van der Waals surface area contributed by atoms with E-state index < -0.39 is 17.5 Å². The van der Waals surface area contributed by atoms with Crippen LogP contribution in [0, 0.1) is 40.4 Å². The van der Waals surface area contributed by atoms with Crippen molar-refractivity contribution in [3.05, 3.63) is 35.5 Å². The van der Waals surface area contributed by atoms with Crippen molar-refractivity contribution in [3.8, 4) is 0 Å². The van der Waals surface area contributed by atoms with Gasteiger partial charge in [-0.2, -0.15) is 0 Å². The van der Waals surface area contributed by atoms with Crippen LogP contribution in [0.15, 0.2) is 35.5 Å². The van der Waals surface area contributed by atoms with E-state index in [0.717, 1.165) is 25.7 Å². The van der Waals surface area contributed by atoms with Crippen LogP contribution in [-0.2, 0) is 33.4 Å². The molecule has 0 amide bonds. The number of esters is 3. The van der Waals surface area contributed by atoms with Crippen molar-refractivity contribution in [1.29, 1.82) is 0 Å². The van der Waals surface area contributed by atoms with Gasteiger partial charge in [-0.3, -0.25) is 19.2 Å². The third-order valence-corrected chi connectivity index (χ3v) is 11.0. The Hall–Kier alpha value is -2.70. The van der Waals surface area contributed by atoms with Gasteiger partial charge in [0.25, 0.3) is 0 Å². The minimum atomic E-state index is -0.846. The Bertz CT molecular complexity index is 1230. The zero-order chi connectivity index (χ0) is 32.1. The van der Waals surface area contributed by atoms with Gasteiger partial charge in [0.15, 0.2) is 5.78 Å². The van der Waals surface area contributed by atoms with Crippen LogP contribution < -0.4 is 0 Å². The first-order valence-electron chi connectivity index (χ1n) is 16.1. The second kappa shape index (κ2) is 12.0. The fraction of sp³-hybridized carbons (Fsp3) is 0.722. The summed E-state index contributed by atoms with van der Waals surface area (Å²) in [5.74, 6) is -1.07. The minimum Gasteiger partial charge on any atom is -0.462 e. The molecule has 0 bridgehead atoms. The molecule has 4 rings (SSSR count). The molecule has 43 heavy (non-hydrogen) atoms. The zero-order valence-corrected chi connectivity index (χ0v) is 27.7. The van der Waals surface area contributed by atoms with E-state index in [2.05, 4.69) is 39.5 Å². The summed E-state index contributed by atoms with van der Waals surface area (Å²) in [6, 6.07) is 0. The third kappa shape index (κ3) is 6.42. The Kier molecular flexibility index (Phi) is 9.27.